The van der Waals surface area contributed by atoms with Crippen LogP contribution in [-0.2, 0) is 17.3 Å². The Morgan fingerprint density at radius 1 is 1.43 bits per heavy atom. The first-order valence-electron chi connectivity index (χ1n) is 7.86. The fourth-order valence-corrected chi connectivity index (χ4v) is 4.44. The molecule has 1 amide bonds. The third-order valence-electron chi connectivity index (χ3n) is 4.22. The summed E-state index contributed by atoms with van der Waals surface area (Å²) in [5.74, 6) is 1.34. The lowest BCUT2D eigenvalue weighted by molar-refractivity contribution is 0.0751. The first kappa shape index (κ1) is 16.0. The van der Waals surface area contributed by atoms with E-state index in [2.05, 4.69) is 4.98 Å². The second-order valence-electron chi connectivity index (χ2n) is 6.07. The van der Waals surface area contributed by atoms with Gasteiger partial charge in [0.2, 0.25) is 0 Å². The minimum absolute atomic E-state index is 0.0669. The molecular formula is C16H21N3O3S. The van der Waals surface area contributed by atoms with Crippen molar-refractivity contribution in [3.8, 4) is 0 Å². The van der Waals surface area contributed by atoms with Gasteiger partial charge in [-0.1, -0.05) is 6.92 Å². The number of nitrogens with one attached hydrogen (secondary N) is 1. The van der Waals surface area contributed by atoms with E-state index >= 15 is 0 Å². The van der Waals surface area contributed by atoms with E-state index in [4.69, 9.17) is 0 Å². The summed E-state index contributed by atoms with van der Waals surface area (Å²) in [6.07, 6.45) is 0. The van der Waals surface area contributed by atoms with Crippen LogP contribution in [-0.4, -0.2) is 49.2 Å². The molecule has 0 bridgehead atoms. The van der Waals surface area contributed by atoms with Crippen LogP contribution in [0.3, 0.4) is 0 Å². The fraction of sp³-hybridized carbons (Fsp3) is 0.500. The molecule has 0 aliphatic carbocycles. The number of fused-ring (bicyclic) bond motifs is 1. The van der Waals surface area contributed by atoms with Gasteiger partial charge in [-0.2, -0.15) is 0 Å². The van der Waals surface area contributed by atoms with Crippen LogP contribution in [0.5, 0.6) is 0 Å². The highest BCUT2D eigenvalue weighted by Gasteiger charge is 2.24. The Morgan fingerprint density at radius 2 is 2.22 bits per heavy atom. The van der Waals surface area contributed by atoms with Crippen LogP contribution in [0.25, 0.3) is 11.0 Å². The van der Waals surface area contributed by atoms with Crippen LogP contribution in [0.2, 0.25) is 0 Å². The van der Waals surface area contributed by atoms with Crippen LogP contribution >= 0.6 is 0 Å². The van der Waals surface area contributed by atoms with Crippen molar-refractivity contribution in [3.05, 3.63) is 34.2 Å². The van der Waals surface area contributed by atoms with Gasteiger partial charge in [0.25, 0.3) is 5.91 Å². The summed E-state index contributed by atoms with van der Waals surface area (Å²) in [6.45, 7) is 5.65. The van der Waals surface area contributed by atoms with E-state index in [0.29, 0.717) is 42.2 Å². The van der Waals surface area contributed by atoms with Gasteiger partial charge in [-0.05, 0) is 31.0 Å². The molecule has 1 N–H and O–H groups in total. The number of hydrogen-bond donors (Lipinski definition) is 1. The summed E-state index contributed by atoms with van der Waals surface area (Å²) in [5, 5.41) is 0. The summed E-state index contributed by atoms with van der Waals surface area (Å²) in [6, 6.07) is 5.30. The minimum Gasteiger partial charge on any atom is -0.337 e. The van der Waals surface area contributed by atoms with Crippen LogP contribution in [0, 0.1) is 5.92 Å². The Labute approximate surface area is 136 Å². The van der Waals surface area contributed by atoms with E-state index in [1.54, 1.807) is 21.6 Å². The molecule has 0 saturated carbocycles. The van der Waals surface area contributed by atoms with Gasteiger partial charge in [-0.25, -0.2) is 4.79 Å². The maximum Gasteiger partial charge on any atom is 0.326 e. The second-order valence-corrected chi connectivity index (χ2v) is 7.69. The highest BCUT2D eigenvalue weighted by molar-refractivity contribution is 7.85. The van der Waals surface area contributed by atoms with Crippen molar-refractivity contribution in [1.82, 2.24) is 14.5 Å². The number of aromatic amines is 1. The van der Waals surface area contributed by atoms with Crippen molar-refractivity contribution in [2.45, 2.75) is 20.4 Å². The topological polar surface area (TPSA) is 75.2 Å². The van der Waals surface area contributed by atoms with Crippen molar-refractivity contribution in [1.29, 1.82) is 0 Å². The second kappa shape index (κ2) is 6.31. The maximum atomic E-state index is 12.7. The Balaban J connectivity index is 1.91. The van der Waals surface area contributed by atoms with Crippen molar-refractivity contribution >= 4 is 27.7 Å². The Hall–Kier alpha value is -1.89. The number of carbonyl (C=O) groups excluding carboxylic acids is 1. The summed E-state index contributed by atoms with van der Waals surface area (Å²) < 4.78 is 13.4. The maximum absolute atomic E-state index is 12.7. The molecule has 0 radical (unpaired) electrons. The Bertz CT molecular complexity index is 824. The molecule has 1 aromatic carbocycles. The molecule has 7 heteroatoms. The number of carbonyl (C=O) groups is 1. The molecule has 2 aromatic rings. The molecule has 1 aliphatic heterocycles. The third-order valence-corrected chi connectivity index (χ3v) is 5.79. The van der Waals surface area contributed by atoms with E-state index in [-0.39, 0.29) is 17.5 Å². The van der Waals surface area contributed by atoms with Crippen molar-refractivity contribution in [3.63, 3.8) is 0 Å². The number of H-pyrrole nitrogens is 1. The number of rotatable bonds is 2. The van der Waals surface area contributed by atoms with Gasteiger partial charge in [0.05, 0.1) is 11.0 Å². The van der Waals surface area contributed by atoms with Gasteiger partial charge in [0, 0.05) is 47.5 Å². The molecule has 0 spiro atoms. The number of benzene rings is 1. The number of aromatic nitrogens is 2. The zero-order chi connectivity index (χ0) is 16.6. The molecule has 1 fully saturated rings. The zero-order valence-electron chi connectivity index (χ0n) is 13.4. The number of hydrogen-bond acceptors (Lipinski definition) is 3. The first-order valence-corrected chi connectivity index (χ1v) is 9.35. The summed E-state index contributed by atoms with van der Waals surface area (Å²) in [7, 11) is -0.849. The Morgan fingerprint density at radius 3 is 2.96 bits per heavy atom. The molecule has 23 heavy (non-hydrogen) atoms. The molecular weight excluding hydrogens is 314 g/mol. The summed E-state index contributed by atoms with van der Waals surface area (Å²) >= 11 is 0. The molecule has 124 valence electrons. The number of aryl methyl sites for hydroxylation is 1. The molecule has 3 rings (SSSR count). The van der Waals surface area contributed by atoms with Crippen molar-refractivity contribution in [2.24, 2.45) is 5.92 Å². The molecule has 2 heterocycles. The van der Waals surface area contributed by atoms with Crippen LogP contribution in [0.4, 0.5) is 0 Å². The smallest absolute Gasteiger partial charge is 0.326 e. The van der Waals surface area contributed by atoms with Gasteiger partial charge in [0.15, 0.2) is 0 Å². The average molecular weight is 335 g/mol. The monoisotopic (exact) mass is 335 g/mol. The normalized spacial score (nSPS) is 22.3. The lowest BCUT2D eigenvalue weighted by Crippen LogP contribution is -2.35. The summed E-state index contributed by atoms with van der Waals surface area (Å²) in [4.78, 5) is 29.2. The van der Waals surface area contributed by atoms with Gasteiger partial charge >= 0.3 is 5.69 Å². The van der Waals surface area contributed by atoms with Gasteiger partial charge in [0.1, 0.15) is 0 Å². The summed E-state index contributed by atoms with van der Waals surface area (Å²) in [5.41, 5.74) is 1.88. The minimum atomic E-state index is -0.849. The van der Waals surface area contributed by atoms with E-state index in [1.165, 1.54) is 0 Å². The van der Waals surface area contributed by atoms with Gasteiger partial charge in [-0.15, -0.1) is 0 Å². The highest BCUT2D eigenvalue weighted by Crippen LogP contribution is 2.17. The van der Waals surface area contributed by atoms with Crippen LogP contribution < -0.4 is 5.69 Å². The SMILES string of the molecule is CCn1c(=O)[nH]c2cc(C(=O)N3CCS(=O)CC(C)C3)ccc21. The number of nitrogens with zero attached hydrogens (tertiary/aromatic N) is 2. The lowest BCUT2D eigenvalue weighted by atomic mass is 10.1. The van der Waals surface area contributed by atoms with Crippen molar-refractivity contribution < 1.29 is 9.00 Å². The lowest BCUT2D eigenvalue weighted by Gasteiger charge is -2.22. The van der Waals surface area contributed by atoms with Crippen LogP contribution in [0.1, 0.15) is 24.2 Å². The molecule has 6 nitrogen and oxygen atoms in total. The van der Waals surface area contributed by atoms with Crippen LogP contribution in [0.15, 0.2) is 23.0 Å². The molecule has 2 atom stereocenters. The predicted molar refractivity (Wildman–Crippen MR) is 91.2 cm³/mol. The molecule has 1 aliphatic rings. The number of imidazole rings is 1. The highest BCUT2D eigenvalue weighted by atomic mass is 32.2. The predicted octanol–water partition coefficient (Wildman–Crippen LogP) is 1.19. The molecule has 1 aromatic heterocycles. The van der Waals surface area contributed by atoms with E-state index in [0.717, 1.165) is 5.52 Å². The largest absolute Gasteiger partial charge is 0.337 e. The van der Waals surface area contributed by atoms with E-state index in [1.807, 2.05) is 19.9 Å². The molecule has 2 unspecified atom stereocenters. The Kier molecular flexibility index (Phi) is 4.39. The quantitative estimate of drug-likeness (QED) is 0.896. The van der Waals surface area contributed by atoms with Gasteiger partial charge in [-0.3, -0.25) is 13.6 Å². The number of amides is 1. The standard InChI is InChI=1S/C16H21N3O3S/c1-3-19-14-5-4-12(8-13(14)17-16(19)21)15(20)18-6-7-23(22)10-11(2)9-18/h4-5,8,11H,3,6-7,9-10H2,1-2H3,(H,17,21). The molecule has 1 saturated heterocycles. The van der Waals surface area contributed by atoms with E-state index in [9.17, 15) is 13.8 Å². The average Bonchev–Trinajstić information content (AvgIpc) is 2.73. The van der Waals surface area contributed by atoms with Gasteiger partial charge < -0.3 is 9.88 Å². The van der Waals surface area contributed by atoms with E-state index < -0.39 is 10.8 Å². The first-order chi connectivity index (χ1) is 11.0. The zero-order valence-corrected chi connectivity index (χ0v) is 14.2. The van der Waals surface area contributed by atoms with Crippen molar-refractivity contribution in [2.75, 3.05) is 24.6 Å². The fourth-order valence-electron chi connectivity index (χ4n) is 3.11. The third kappa shape index (κ3) is 3.10.